The van der Waals surface area contributed by atoms with Crippen LogP contribution >= 0.6 is 0 Å². The van der Waals surface area contributed by atoms with E-state index in [4.69, 9.17) is 13.8 Å². The molecule has 1 aliphatic carbocycles. The number of nitrogens with zero attached hydrogens (tertiary/aromatic N) is 1. The minimum atomic E-state index is -0.317. The molecule has 2 aliphatic heterocycles. The number of aliphatic imine (C=N–C) groups is 1. The average Bonchev–Trinajstić information content (AvgIpc) is 3.82. The van der Waals surface area contributed by atoms with Gasteiger partial charge in [0.25, 0.3) is 0 Å². The fourth-order valence-corrected chi connectivity index (χ4v) is 8.10. The summed E-state index contributed by atoms with van der Waals surface area (Å²) in [5.74, 6) is 1.69. The summed E-state index contributed by atoms with van der Waals surface area (Å²) in [6.45, 7) is 0. The van der Waals surface area contributed by atoms with E-state index in [0.717, 1.165) is 61.2 Å². The second-order valence-electron chi connectivity index (χ2n) is 12.8. The third-order valence-electron chi connectivity index (χ3n) is 10.2. The summed E-state index contributed by atoms with van der Waals surface area (Å²) >= 11 is 0. The van der Waals surface area contributed by atoms with Crippen LogP contribution in [0, 0.1) is 0 Å². The standard InChI is InChI=1S/C42H28N4O2/c1-3-15-32-28(10-1)37-30(14-7-17-34(37)47-32)41-44-40(24-18-19-25-26-12-5-8-23-9-6-13-27(36(23)26)31(25)22-24)45-42(46-41)39-38-29-11-2-4-16-33(29)48-35(38)20-21-43-39/h1-22,39-41,43-44H,(H,45,46). The highest BCUT2D eigenvalue weighted by Crippen LogP contribution is 2.48. The van der Waals surface area contributed by atoms with Crippen LogP contribution in [0.5, 0.6) is 0 Å². The van der Waals surface area contributed by atoms with Crippen molar-refractivity contribution in [2.24, 2.45) is 4.99 Å². The number of hydrogen-bond donors (Lipinski definition) is 3. The van der Waals surface area contributed by atoms with E-state index in [0.29, 0.717) is 0 Å². The molecule has 0 spiro atoms. The number of fused-ring (bicyclic) bond motifs is 9. The number of amidine groups is 1. The third-order valence-corrected chi connectivity index (χ3v) is 10.2. The summed E-state index contributed by atoms with van der Waals surface area (Å²) in [6.07, 6.45) is 3.39. The van der Waals surface area contributed by atoms with Gasteiger partial charge in [0, 0.05) is 33.5 Å². The molecule has 2 aromatic heterocycles. The van der Waals surface area contributed by atoms with Gasteiger partial charge in [-0.2, -0.15) is 0 Å². The van der Waals surface area contributed by atoms with Crippen molar-refractivity contribution in [3.8, 4) is 22.3 Å². The zero-order chi connectivity index (χ0) is 31.3. The molecule has 0 radical (unpaired) electrons. The smallest absolute Gasteiger partial charge is 0.135 e. The average molecular weight is 621 g/mol. The van der Waals surface area contributed by atoms with Crippen LogP contribution in [0.25, 0.3) is 72.0 Å². The fourth-order valence-electron chi connectivity index (χ4n) is 8.10. The molecule has 4 heterocycles. The van der Waals surface area contributed by atoms with Gasteiger partial charge >= 0.3 is 0 Å². The molecule has 228 valence electrons. The Balaban J connectivity index is 1.09. The molecule has 0 saturated carbocycles. The number of hydrogen-bond acceptors (Lipinski definition) is 6. The lowest BCUT2D eigenvalue weighted by molar-refractivity contribution is 0.400. The molecular formula is C42H28N4O2. The molecule has 11 rings (SSSR count). The maximum absolute atomic E-state index is 6.31. The van der Waals surface area contributed by atoms with E-state index in [1.807, 2.05) is 42.6 Å². The van der Waals surface area contributed by atoms with Crippen LogP contribution in [0.4, 0.5) is 0 Å². The van der Waals surface area contributed by atoms with Gasteiger partial charge in [0.2, 0.25) is 0 Å². The summed E-state index contributed by atoms with van der Waals surface area (Å²) in [4.78, 5) is 5.42. The Morgan fingerprint density at radius 1 is 0.604 bits per heavy atom. The van der Waals surface area contributed by atoms with Crippen LogP contribution in [0.15, 0.2) is 141 Å². The third kappa shape index (κ3) is 3.63. The molecule has 3 unspecified atom stereocenters. The van der Waals surface area contributed by atoms with Crippen LogP contribution in [0.2, 0.25) is 0 Å². The topological polar surface area (TPSA) is 74.7 Å². The Labute approximate surface area is 275 Å². The molecule has 6 heteroatoms. The van der Waals surface area contributed by atoms with Crippen LogP contribution in [0.3, 0.4) is 0 Å². The summed E-state index contributed by atoms with van der Waals surface area (Å²) in [5.41, 5.74) is 11.0. The molecule has 0 amide bonds. The number of nitrogens with one attached hydrogen (secondary N) is 3. The summed E-state index contributed by atoms with van der Waals surface area (Å²) in [5, 5.41) is 17.2. The van der Waals surface area contributed by atoms with E-state index in [1.165, 1.54) is 33.0 Å². The number of benzene rings is 6. The second-order valence-corrected chi connectivity index (χ2v) is 12.8. The van der Waals surface area contributed by atoms with Gasteiger partial charge in [0.1, 0.15) is 46.7 Å². The van der Waals surface area contributed by atoms with Crippen LogP contribution < -0.4 is 16.0 Å². The first kappa shape index (κ1) is 26.0. The van der Waals surface area contributed by atoms with E-state index < -0.39 is 0 Å². The fraction of sp³-hybridized carbons (Fsp3) is 0.0714. The first-order chi connectivity index (χ1) is 23.8. The molecule has 6 nitrogen and oxygen atoms in total. The van der Waals surface area contributed by atoms with Gasteiger partial charge in [-0.3, -0.25) is 5.32 Å². The summed E-state index contributed by atoms with van der Waals surface area (Å²) in [6, 6.07) is 42.5. The van der Waals surface area contributed by atoms with Gasteiger partial charge < -0.3 is 19.5 Å². The molecule has 8 aromatic rings. The maximum Gasteiger partial charge on any atom is 0.135 e. The monoisotopic (exact) mass is 620 g/mol. The van der Waals surface area contributed by atoms with Crippen molar-refractivity contribution in [3.05, 3.63) is 150 Å². The predicted octanol–water partition coefficient (Wildman–Crippen LogP) is 9.74. The van der Waals surface area contributed by atoms with Crippen molar-refractivity contribution in [2.45, 2.75) is 18.4 Å². The zero-order valence-corrected chi connectivity index (χ0v) is 25.7. The van der Waals surface area contributed by atoms with Crippen molar-refractivity contribution < 1.29 is 8.83 Å². The van der Waals surface area contributed by atoms with Crippen LogP contribution in [0.1, 0.15) is 40.8 Å². The van der Waals surface area contributed by atoms with E-state index >= 15 is 0 Å². The predicted molar refractivity (Wildman–Crippen MR) is 192 cm³/mol. The van der Waals surface area contributed by atoms with E-state index in [1.54, 1.807) is 0 Å². The molecule has 48 heavy (non-hydrogen) atoms. The molecule has 0 saturated heterocycles. The van der Waals surface area contributed by atoms with Crippen LogP contribution in [-0.4, -0.2) is 5.84 Å². The Morgan fingerprint density at radius 3 is 2.23 bits per heavy atom. The van der Waals surface area contributed by atoms with Crippen molar-refractivity contribution in [1.29, 1.82) is 0 Å². The van der Waals surface area contributed by atoms with Crippen LogP contribution in [-0.2, 0) is 0 Å². The van der Waals surface area contributed by atoms with Gasteiger partial charge in [-0.15, -0.1) is 0 Å². The van der Waals surface area contributed by atoms with Gasteiger partial charge in [0.15, 0.2) is 0 Å². The molecule has 6 aromatic carbocycles. The SMILES string of the molecule is C1=Cc2oc3ccccc3c2C(C2=NC(c3ccc4c(c3)-c3cccc5cccc-4c35)NC(c3cccc4oc5ccccc5c34)N2)N1. The Kier molecular flexibility index (Phi) is 5.26. The maximum atomic E-state index is 6.31. The van der Waals surface area contributed by atoms with E-state index in [2.05, 4.69) is 107 Å². The zero-order valence-electron chi connectivity index (χ0n) is 25.7. The highest BCUT2D eigenvalue weighted by molar-refractivity contribution is 6.15. The molecule has 0 fully saturated rings. The van der Waals surface area contributed by atoms with Gasteiger partial charge in [-0.25, -0.2) is 4.99 Å². The lowest BCUT2D eigenvalue weighted by Crippen LogP contribution is -2.49. The normalized spacial score (nSPS) is 19.3. The lowest BCUT2D eigenvalue weighted by Gasteiger charge is -2.36. The molecule has 3 aliphatic rings. The minimum absolute atomic E-state index is 0.228. The molecular weight excluding hydrogens is 592 g/mol. The highest BCUT2D eigenvalue weighted by atomic mass is 16.3. The minimum Gasteiger partial charge on any atom is -0.456 e. The summed E-state index contributed by atoms with van der Waals surface area (Å²) in [7, 11) is 0. The lowest BCUT2D eigenvalue weighted by atomic mass is 9.96. The Bertz CT molecular complexity index is 2690. The van der Waals surface area contributed by atoms with Crippen molar-refractivity contribution in [2.75, 3.05) is 0 Å². The van der Waals surface area contributed by atoms with Gasteiger partial charge in [0.05, 0.1) is 0 Å². The largest absolute Gasteiger partial charge is 0.456 e. The number of para-hydroxylation sites is 2. The quantitative estimate of drug-likeness (QED) is 0.183. The van der Waals surface area contributed by atoms with E-state index in [9.17, 15) is 0 Å². The highest BCUT2D eigenvalue weighted by Gasteiger charge is 2.35. The number of rotatable bonds is 3. The molecule has 3 N–H and O–H groups in total. The van der Waals surface area contributed by atoms with E-state index in [-0.39, 0.29) is 18.4 Å². The first-order valence-electron chi connectivity index (χ1n) is 16.4. The van der Waals surface area contributed by atoms with Crippen molar-refractivity contribution in [1.82, 2.24) is 16.0 Å². The van der Waals surface area contributed by atoms with Gasteiger partial charge in [-0.1, -0.05) is 97.1 Å². The van der Waals surface area contributed by atoms with Crippen molar-refractivity contribution >= 4 is 55.6 Å². The van der Waals surface area contributed by atoms with Gasteiger partial charge in [-0.05, 0) is 68.9 Å². The molecule has 0 bridgehead atoms. The Hall–Kier alpha value is -6.11. The second kappa shape index (κ2) is 9.70. The van der Waals surface area contributed by atoms with Crippen molar-refractivity contribution in [3.63, 3.8) is 0 Å². The first-order valence-corrected chi connectivity index (χ1v) is 16.4. The Morgan fingerprint density at radius 2 is 1.35 bits per heavy atom. The summed E-state index contributed by atoms with van der Waals surface area (Å²) < 4.78 is 12.6. The molecule has 3 atom stereocenters. The number of furan rings is 2.